The quantitative estimate of drug-likeness (QED) is 0.898. The van der Waals surface area contributed by atoms with Crippen LogP contribution in [0, 0.1) is 0 Å². The van der Waals surface area contributed by atoms with Crippen LogP contribution < -0.4 is 14.8 Å². The van der Waals surface area contributed by atoms with Crippen LogP contribution in [0.1, 0.15) is 60.8 Å². The maximum atomic E-state index is 12.9. The van der Waals surface area contributed by atoms with Crippen molar-refractivity contribution in [1.29, 1.82) is 0 Å². The molecule has 7 heteroatoms. The second kappa shape index (κ2) is 7.15. The van der Waals surface area contributed by atoms with Crippen LogP contribution in [0.25, 0.3) is 0 Å². The number of fused-ring (bicyclic) bond motifs is 1. The summed E-state index contributed by atoms with van der Waals surface area (Å²) in [5.74, 6) is 1.72. The second-order valence-electron chi connectivity index (χ2n) is 7.29. The molecule has 2 aliphatic heterocycles. The highest BCUT2D eigenvalue weighted by atomic mass is 16.6. The molecule has 7 nitrogen and oxygen atoms in total. The summed E-state index contributed by atoms with van der Waals surface area (Å²) in [6.07, 6.45) is 6.47. The molecule has 1 saturated carbocycles. The van der Waals surface area contributed by atoms with Crippen LogP contribution >= 0.6 is 0 Å². The molecule has 0 bridgehead atoms. The number of ether oxygens (including phenoxy) is 2. The van der Waals surface area contributed by atoms with E-state index in [1.165, 1.54) is 12.8 Å². The van der Waals surface area contributed by atoms with Gasteiger partial charge in [0.05, 0.1) is 0 Å². The van der Waals surface area contributed by atoms with Crippen molar-refractivity contribution in [2.45, 2.75) is 50.5 Å². The van der Waals surface area contributed by atoms with Crippen molar-refractivity contribution in [3.8, 4) is 11.6 Å². The first-order valence-corrected chi connectivity index (χ1v) is 9.37. The zero-order chi connectivity index (χ0) is 17.2. The zero-order valence-corrected chi connectivity index (χ0v) is 14.8. The molecule has 136 valence electrons. The molecule has 1 aromatic heterocycles. The molecule has 1 amide bonds. The van der Waals surface area contributed by atoms with Gasteiger partial charge < -0.3 is 19.7 Å². The maximum Gasteiger partial charge on any atom is 0.274 e. The Morgan fingerprint density at radius 1 is 1.08 bits per heavy atom. The summed E-state index contributed by atoms with van der Waals surface area (Å²) in [5, 5.41) is 3.13. The van der Waals surface area contributed by atoms with Crippen molar-refractivity contribution >= 4 is 5.91 Å². The molecule has 0 radical (unpaired) electrons. The Bertz CT molecular complexity index is 637. The van der Waals surface area contributed by atoms with Crippen LogP contribution in [0.15, 0.2) is 0 Å². The van der Waals surface area contributed by atoms with Crippen molar-refractivity contribution in [3.63, 3.8) is 0 Å². The fraction of sp³-hybridized carbons (Fsp3) is 0.722. The van der Waals surface area contributed by atoms with Crippen molar-refractivity contribution in [1.82, 2.24) is 20.2 Å². The number of hydrogen-bond donors (Lipinski definition) is 1. The van der Waals surface area contributed by atoms with E-state index >= 15 is 0 Å². The first-order valence-electron chi connectivity index (χ1n) is 9.37. The summed E-state index contributed by atoms with van der Waals surface area (Å²) in [7, 11) is 2.11. The number of aromatic nitrogens is 2. The molecule has 4 rings (SSSR count). The summed E-state index contributed by atoms with van der Waals surface area (Å²) in [6.45, 7) is 2.89. The van der Waals surface area contributed by atoms with Crippen LogP contribution in [-0.2, 0) is 0 Å². The monoisotopic (exact) mass is 346 g/mol. The molecule has 0 spiro atoms. The topological polar surface area (TPSA) is 76.6 Å². The smallest absolute Gasteiger partial charge is 0.274 e. The lowest BCUT2D eigenvalue weighted by atomic mass is 10.1. The van der Waals surface area contributed by atoms with Crippen molar-refractivity contribution in [2.24, 2.45) is 0 Å². The van der Waals surface area contributed by atoms with Gasteiger partial charge in [-0.1, -0.05) is 12.8 Å². The third-order valence-corrected chi connectivity index (χ3v) is 5.41. The molecule has 1 saturated heterocycles. The molecular formula is C18H26N4O3. The fourth-order valence-corrected chi connectivity index (χ4v) is 3.88. The van der Waals surface area contributed by atoms with Gasteiger partial charge in [0, 0.05) is 12.0 Å². The van der Waals surface area contributed by atoms with E-state index in [4.69, 9.17) is 9.47 Å². The Morgan fingerprint density at radius 3 is 2.56 bits per heavy atom. The van der Waals surface area contributed by atoms with Crippen LogP contribution in [-0.4, -0.2) is 60.2 Å². The van der Waals surface area contributed by atoms with Gasteiger partial charge >= 0.3 is 0 Å². The third kappa shape index (κ3) is 3.56. The number of carbonyl (C=O) groups excluding carboxylic acids is 1. The molecule has 1 aromatic rings. The fourth-order valence-electron chi connectivity index (χ4n) is 3.88. The van der Waals surface area contributed by atoms with Crippen LogP contribution in [0.3, 0.4) is 0 Å². The predicted molar refractivity (Wildman–Crippen MR) is 92.2 cm³/mol. The van der Waals surface area contributed by atoms with Gasteiger partial charge in [-0.2, -0.15) is 4.98 Å². The van der Waals surface area contributed by atoms with Gasteiger partial charge in [-0.15, -0.1) is 0 Å². The summed E-state index contributed by atoms with van der Waals surface area (Å²) < 4.78 is 11.3. The Hall–Kier alpha value is -1.89. The molecule has 3 heterocycles. The van der Waals surface area contributed by atoms with Gasteiger partial charge in [-0.05, 0) is 45.8 Å². The van der Waals surface area contributed by atoms with Crippen molar-refractivity contribution in [3.05, 3.63) is 11.5 Å². The van der Waals surface area contributed by atoms with Crippen LogP contribution in [0.2, 0.25) is 0 Å². The van der Waals surface area contributed by atoms with Gasteiger partial charge in [0.25, 0.3) is 11.8 Å². The molecule has 0 unspecified atom stereocenters. The maximum absolute atomic E-state index is 12.9. The Labute approximate surface area is 148 Å². The minimum absolute atomic E-state index is 0.169. The second-order valence-corrected chi connectivity index (χ2v) is 7.29. The minimum atomic E-state index is -0.169. The van der Waals surface area contributed by atoms with Crippen LogP contribution in [0.4, 0.5) is 0 Å². The number of likely N-dealkylation sites (tertiary alicyclic amines) is 1. The Balaban J connectivity index is 1.58. The number of piperidine rings is 1. The summed E-state index contributed by atoms with van der Waals surface area (Å²) >= 11 is 0. The Kier molecular flexibility index (Phi) is 4.74. The van der Waals surface area contributed by atoms with E-state index in [0.717, 1.165) is 44.6 Å². The van der Waals surface area contributed by atoms with Crippen LogP contribution in [0.5, 0.6) is 11.6 Å². The zero-order valence-electron chi connectivity index (χ0n) is 14.8. The minimum Gasteiger partial charge on any atom is -0.483 e. The molecule has 3 aliphatic rings. The highest BCUT2D eigenvalue weighted by Gasteiger charge is 2.30. The van der Waals surface area contributed by atoms with E-state index in [0.29, 0.717) is 36.5 Å². The average Bonchev–Trinajstić information content (AvgIpc) is 3.17. The molecule has 1 aliphatic carbocycles. The standard InChI is InChI=1S/C18H26N4O3/c1-22-8-6-13(7-9-22)19-17(23)14-15-18(25-11-10-24-15)21-16(20-14)12-4-2-3-5-12/h12-13H,2-11H2,1H3,(H,19,23). The number of rotatable bonds is 3. The van der Waals surface area contributed by atoms with E-state index in [-0.39, 0.29) is 11.9 Å². The third-order valence-electron chi connectivity index (χ3n) is 5.41. The molecule has 1 N–H and O–H groups in total. The highest BCUT2D eigenvalue weighted by Crippen LogP contribution is 2.37. The van der Waals surface area contributed by atoms with Gasteiger partial charge in [0.15, 0.2) is 5.69 Å². The normalized spacial score (nSPS) is 22.1. The predicted octanol–water partition coefficient (Wildman–Crippen LogP) is 1.73. The highest BCUT2D eigenvalue weighted by molar-refractivity contribution is 5.95. The van der Waals surface area contributed by atoms with E-state index in [1.54, 1.807) is 0 Å². The molecule has 25 heavy (non-hydrogen) atoms. The molecular weight excluding hydrogens is 320 g/mol. The van der Waals surface area contributed by atoms with E-state index in [2.05, 4.69) is 27.2 Å². The number of carbonyl (C=O) groups is 1. The number of amides is 1. The first kappa shape index (κ1) is 16.6. The lowest BCUT2D eigenvalue weighted by Crippen LogP contribution is -2.43. The molecule has 0 aromatic carbocycles. The first-order chi connectivity index (χ1) is 12.2. The number of hydrogen-bond acceptors (Lipinski definition) is 6. The van der Waals surface area contributed by atoms with Gasteiger partial charge in [0.2, 0.25) is 5.75 Å². The van der Waals surface area contributed by atoms with Gasteiger partial charge in [-0.3, -0.25) is 4.79 Å². The number of nitrogens with zero attached hydrogens (tertiary/aromatic N) is 3. The summed E-state index contributed by atoms with van der Waals surface area (Å²) in [6, 6.07) is 0.189. The Morgan fingerprint density at radius 2 is 1.80 bits per heavy atom. The van der Waals surface area contributed by atoms with Gasteiger partial charge in [0.1, 0.15) is 19.0 Å². The van der Waals surface area contributed by atoms with E-state index in [1.807, 2.05) is 0 Å². The molecule has 2 fully saturated rings. The van der Waals surface area contributed by atoms with Crippen molar-refractivity contribution < 1.29 is 14.3 Å². The summed E-state index contributed by atoms with van der Waals surface area (Å²) in [5.41, 5.74) is 0.338. The molecule has 0 atom stereocenters. The van der Waals surface area contributed by atoms with E-state index < -0.39 is 0 Å². The van der Waals surface area contributed by atoms with Crippen molar-refractivity contribution in [2.75, 3.05) is 33.4 Å². The SMILES string of the molecule is CN1CCC(NC(=O)c2nc(C3CCCC3)nc3c2OCCO3)CC1. The van der Waals surface area contributed by atoms with Gasteiger partial charge in [-0.25, -0.2) is 4.98 Å². The lowest BCUT2D eigenvalue weighted by Gasteiger charge is -2.29. The number of nitrogens with one attached hydrogen (secondary N) is 1. The average molecular weight is 346 g/mol. The van der Waals surface area contributed by atoms with E-state index in [9.17, 15) is 4.79 Å². The summed E-state index contributed by atoms with van der Waals surface area (Å²) in [4.78, 5) is 24.3. The largest absolute Gasteiger partial charge is 0.483 e. The lowest BCUT2D eigenvalue weighted by molar-refractivity contribution is 0.0896.